The molecule has 1 saturated carbocycles. The van der Waals surface area contributed by atoms with Gasteiger partial charge in [0.1, 0.15) is 0 Å². The summed E-state index contributed by atoms with van der Waals surface area (Å²) < 4.78 is 0. The van der Waals surface area contributed by atoms with Crippen LogP contribution in [0, 0.1) is 0 Å². The van der Waals surface area contributed by atoms with E-state index in [4.69, 9.17) is 11.5 Å². The Morgan fingerprint density at radius 1 is 1.19 bits per heavy atom. The van der Waals surface area contributed by atoms with Gasteiger partial charge >= 0.3 is 0 Å². The van der Waals surface area contributed by atoms with Gasteiger partial charge in [-0.2, -0.15) is 0 Å². The summed E-state index contributed by atoms with van der Waals surface area (Å²) in [5, 5.41) is 8.12. The molecule has 6 heteroatoms. The minimum Gasteiger partial charge on any atom is -0.364 e. The molecule has 1 aliphatic rings. The van der Waals surface area contributed by atoms with Crippen LogP contribution in [0.3, 0.4) is 0 Å². The van der Waals surface area contributed by atoms with Crippen LogP contribution in [0.5, 0.6) is 0 Å². The number of carbonyl (C=O) groups excluding carboxylic acids is 1. The molecule has 1 amide bonds. The first kappa shape index (κ1) is 15.7. The molecular weight excluding hydrogens is 266 g/mol. The van der Waals surface area contributed by atoms with Crippen molar-refractivity contribution in [2.75, 3.05) is 18.0 Å². The zero-order valence-corrected chi connectivity index (χ0v) is 12.5. The highest BCUT2D eigenvalue weighted by Crippen LogP contribution is 2.25. The van der Waals surface area contributed by atoms with Crippen molar-refractivity contribution in [3.63, 3.8) is 0 Å². The molecule has 21 heavy (non-hydrogen) atoms. The number of primary amides is 1. The highest BCUT2D eigenvalue weighted by atomic mass is 16.1. The Labute approximate surface area is 125 Å². The minimum absolute atomic E-state index is 0.207. The lowest BCUT2D eigenvalue weighted by molar-refractivity contribution is 0.0994. The SMILES string of the molecule is NCCCN(c1ccc(C(N)=O)nn1)C1CCCCCC1. The van der Waals surface area contributed by atoms with E-state index in [2.05, 4.69) is 15.1 Å². The highest BCUT2D eigenvalue weighted by Gasteiger charge is 2.21. The lowest BCUT2D eigenvalue weighted by atomic mass is 10.1. The van der Waals surface area contributed by atoms with Crippen molar-refractivity contribution < 1.29 is 4.79 Å². The summed E-state index contributed by atoms with van der Waals surface area (Å²) in [7, 11) is 0. The Morgan fingerprint density at radius 3 is 2.43 bits per heavy atom. The predicted molar refractivity (Wildman–Crippen MR) is 83.1 cm³/mol. The fourth-order valence-electron chi connectivity index (χ4n) is 2.93. The van der Waals surface area contributed by atoms with Crippen LogP contribution in [0.4, 0.5) is 5.82 Å². The van der Waals surface area contributed by atoms with Crippen LogP contribution in [0.2, 0.25) is 0 Å². The molecule has 1 heterocycles. The number of rotatable bonds is 6. The van der Waals surface area contributed by atoms with Crippen LogP contribution in [-0.2, 0) is 0 Å². The molecule has 1 aromatic rings. The third kappa shape index (κ3) is 4.39. The Bertz CT molecular complexity index is 440. The minimum atomic E-state index is -0.544. The second-order valence-electron chi connectivity index (χ2n) is 5.62. The van der Waals surface area contributed by atoms with Crippen molar-refractivity contribution in [3.05, 3.63) is 17.8 Å². The molecule has 2 rings (SSSR count). The number of anilines is 1. The van der Waals surface area contributed by atoms with Gasteiger partial charge in [-0.1, -0.05) is 25.7 Å². The van der Waals surface area contributed by atoms with Gasteiger partial charge in [0.25, 0.3) is 5.91 Å². The van der Waals surface area contributed by atoms with E-state index in [9.17, 15) is 4.79 Å². The first-order chi connectivity index (χ1) is 10.2. The molecule has 0 saturated heterocycles. The van der Waals surface area contributed by atoms with Gasteiger partial charge < -0.3 is 16.4 Å². The zero-order chi connectivity index (χ0) is 15.1. The number of amides is 1. The molecule has 0 bridgehead atoms. The quantitative estimate of drug-likeness (QED) is 0.773. The topological polar surface area (TPSA) is 98.1 Å². The molecule has 1 aromatic heterocycles. The van der Waals surface area contributed by atoms with E-state index in [-0.39, 0.29) is 5.69 Å². The average molecular weight is 291 g/mol. The van der Waals surface area contributed by atoms with Crippen LogP contribution in [0.25, 0.3) is 0 Å². The lowest BCUT2D eigenvalue weighted by Gasteiger charge is -2.32. The van der Waals surface area contributed by atoms with Crippen LogP contribution >= 0.6 is 0 Å². The van der Waals surface area contributed by atoms with Gasteiger partial charge in [0.05, 0.1) is 0 Å². The first-order valence-electron chi connectivity index (χ1n) is 7.82. The van der Waals surface area contributed by atoms with Gasteiger partial charge in [-0.3, -0.25) is 4.79 Å². The average Bonchev–Trinajstić information content (AvgIpc) is 2.77. The fraction of sp³-hybridized carbons (Fsp3) is 0.667. The van der Waals surface area contributed by atoms with E-state index in [1.165, 1.54) is 38.5 Å². The standard InChI is InChI=1S/C15H25N5O/c16-10-5-11-20(12-6-3-1-2-4-7-12)14-9-8-13(15(17)21)18-19-14/h8-9,12H,1-7,10-11,16H2,(H2,17,21). The number of aromatic nitrogens is 2. The van der Waals surface area contributed by atoms with Crippen molar-refractivity contribution in [2.45, 2.75) is 51.0 Å². The Kier molecular flexibility index (Phi) is 5.92. The fourth-order valence-corrected chi connectivity index (χ4v) is 2.93. The molecule has 0 unspecified atom stereocenters. The number of carbonyl (C=O) groups is 1. The smallest absolute Gasteiger partial charge is 0.269 e. The normalized spacial score (nSPS) is 16.4. The largest absolute Gasteiger partial charge is 0.364 e. The van der Waals surface area contributed by atoms with Gasteiger partial charge in [-0.05, 0) is 37.9 Å². The number of nitrogens with zero attached hydrogens (tertiary/aromatic N) is 3. The summed E-state index contributed by atoms with van der Waals surface area (Å²) in [6, 6.07) is 3.98. The maximum atomic E-state index is 11.1. The molecule has 4 N–H and O–H groups in total. The molecule has 116 valence electrons. The molecular formula is C15H25N5O. The van der Waals surface area contributed by atoms with Gasteiger partial charge in [-0.15, -0.1) is 10.2 Å². The molecule has 0 radical (unpaired) electrons. The number of hydrogen-bond donors (Lipinski definition) is 2. The molecule has 0 atom stereocenters. The van der Waals surface area contributed by atoms with E-state index in [0.29, 0.717) is 12.6 Å². The van der Waals surface area contributed by atoms with Gasteiger partial charge in [0.15, 0.2) is 11.5 Å². The Balaban J connectivity index is 2.15. The number of hydrogen-bond acceptors (Lipinski definition) is 5. The van der Waals surface area contributed by atoms with E-state index in [0.717, 1.165) is 18.8 Å². The molecule has 1 fully saturated rings. The van der Waals surface area contributed by atoms with Crippen LogP contribution in [-0.4, -0.2) is 35.2 Å². The van der Waals surface area contributed by atoms with Crippen molar-refractivity contribution in [1.82, 2.24) is 10.2 Å². The summed E-state index contributed by atoms with van der Waals surface area (Å²) >= 11 is 0. The van der Waals surface area contributed by atoms with E-state index in [1.807, 2.05) is 6.07 Å². The molecule has 0 spiro atoms. The highest BCUT2D eigenvalue weighted by molar-refractivity contribution is 5.90. The van der Waals surface area contributed by atoms with Crippen LogP contribution < -0.4 is 16.4 Å². The van der Waals surface area contributed by atoms with E-state index in [1.54, 1.807) is 6.07 Å². The Hall–Kier alpha value is -1.69. The Morgan fingerprint density at radius 2 is 1.90 bits per heavy atom. The molecule has 1 aliphatic carbocycles. The van der Waals surface area contributed by atoms with E-state index >= 15 is 0 Å². The first-order valence-corrected chi connectivity index (χ1v) is 7.82. The zero-order valence-electron chi connectivity index (χ0n) is 12.5. The summed E-state index contributed by atoms with van der Waals surface area (Å²) in [5.74, 6) is 0.275. The van der Waals surface area contributed by atoms with Crippen LogP contribution in [0.15, 0.2) is 12.1 Å². The van der Waals surface area contributed by atoms with Crippen molar-refractivity contribution >= 4 is 11.7 Å². The summed E-state index contributed by atoms with van der Waals surface area (Å²) in [5.41, 5.74) is 11.1. The molecule has 6 nitrogen and oxygen atoms in total. The van der Waals surface area contributed by atoms with Crippen molar-refractivity contribution in [3.8, 4) is 0 Å². The molecule has 0 aliphatic heterocycles. The molecule has 0 aromatic carbocycles. The monoisotopic (exact) mass is 291 g/mol. The number of nitrogens with two attached hydrogens (primary N) is 2. The van der Waals surface area contributed by atoms with Crippen molar-refractivity contribution in [2.24, 2.45) is 11.5 Å². The summed E-state index contributed by atoms with van der Waals surface area (Å²) in [4.78, 5) is 13.4. The maximum absolute atomic E-state index is 11.1. The van der Waals surface area contributed by atoms with Crippen LogP contribution in [0.1, 0.15) is 55.4 Å². The maximum Gasteiger partial charge on any atom is 0.269 e. The predicted octanol–water partition coefficient (Wildman–Crippen LogP) is 1.45. The van der Waals surface area contributed by atoms with Gasteiger partial charge in [-0.25, -0.2) is 0 Å². The summed E-state index contributed by atoms with van der Waals surface area (Å²) in [6.07, 6.45) is 8.44. The van der Waals surface area contributed by atoms with Gasteiger partial charge in [0, 0.05) is 12.6 Å². The van der Waals surface area contributed by atoms with Gasteiger partial charge in [0.2, 0.25) is 0 Å². The third-order valence-corrected chi connectivity index (χ3v) is 4.07. The second-order valence-corrected chi connectivity index (χ2v) is 5.62. The lowest BCUT2D eigenvalue weighted by Crippen LogP contribution is -2.37. The van der Waals surface area contributed by atoms with Crippen molar-refractivity contribution in [1.29, 1.82) is 0 Å². The van der Waals surface area contributed by atoms with E-state index < -0.39 is 5.91 Å². The summed E-state index contributed by atoms with van der Waals surface area (Å²) in [6.45, 7) is 1.54. The third-order valence-electron chi connectivity index (χ3n) is 4.07. The second kappa shape index (κ2) is 7.93.